The highest BCUT2D eigenvalue weighted by Crippen LogP contribution is 2.38. The smallest absolute Gasteiger partial charge is 0.125 e. The third-order valence-electron chi connectivity index (χ3n) is 4.95. The van der Waals surface area contributed by atoms with Crippen molar-refractivity contribution < 1.29 is 0 Å². The lowest BCUT2D eigenvalue weighted by Crippen LogP contribution is -2.20. The molecule has 6 heteroatoms. The molecule has 0 amide bonds. The minimum atomic E-state index is 0.538. The zero-order valence-corrected chi connectivity index (χ0v) is 20.2. The van der Waals surface area contributed by atoms with Crippen LogP contribution < -0.4 is 10.6 Å². The summed E-state index contributed by atoms with van der Waals surface area (Å²) in [4.78, 5) is 11.5. The Morgan fingerprint density at radius 1 is 1.13 bits per heavy atom. The Kier molecular flexibility index (Phi) is 8.19. The average molecular weight is 441 g/mol. The fourth-order valence-corrected chi connectivity index (χ4v) is 5.51. The Labute approximate surface area is 187 Å². The number of benzene rings is 1. The molecule has 2 atom stereocenters. The predicted octanol–water partition coefficient (Wildman–Crippen LogP) is 7.56. The lowest BCUT2D eigenvalue weighted by molar-refractivity contribution is 0.602. The van der Waals surface area contributed by atoms with Gasteiger partial charge in [0, 0.05) is 34.1 Å². The molecule has 1 saturated heterocycles. The van der Waals surface area contributed by atoms with Gasteiger partial charge in [0.25, 0.3) is 0 Å². The van der Waals surface area contributed by atoms with Crippen LogP contribution in [0.5, 0.6) is 0 Å². The van der Waals surface area contributed by atoms with Gasteiger partial charge >= 0.3 is 0 Å². The Morgan fingerprint density at radius 3 is 2.67 bits per heavy atom. The van der Waals surface area contributed by atoms with E-state index in [0.717, 1.165) is 28.3 Å². The van der Waals surface area contributed by atoms with E-state index >= 15 is 0 Å². The van der Waals surface area contributed by atoms with E-state index in [9.17, 15) is 0 Å². The number of nitrogens with zero attached hydrogens (tertiary/aromatic N) is 2. The van der Waals surface area contributed by atoms with Crippen LogP contribution in [0.1, 0.15) is 58.3 Å². The van der Waals surface area contributed by atoms with Crippen LogP contribution in [0, 0.1) is 0 Å². The van der Waals surface area contributed by atoms with E-state index in [1.54, 1.807) is 11.3 Å². The molecule has 160 valence electrons. The van der Waals surface area contributed by atoms with Gasteiger partial charge in [-0.15, -0.1) is 22.7 Å². The first-order valence-corrected chi connectivity index (χ1v) is 12.6. The Bertz CT molecular complexity index is 1070. The van der Waals surface area contributed by atoms with Crippen molar-refractivity contribution in [2.45, 2.75) is 59.4 Å². The minimum Gasteiger partial charge on any atom is -0.355 e. The highest BCUT2D eigenvalue weighted by molar-refractivity contribution is 7.18. The Morgan fingerprint density at radius 2 is 1.93 bits per heavy atom. The van der Waals surface area contributed by atoms with Crippen molar-refractivity contribution in [1.82, 2.24) is 15.3 Å². The zero-order chi connectivity index (χ0) is 21.5. The average Bonchev–Trinajstić information content (AvgIpc) is 3.49. The van der Waals surface area contributed by atoms with E-state index in [0.29, 0.717) is 12.0 Å². The number of thiophene rings is 1. The van der Waals surface area contributed by atoms with Crippen molar-refractivity contribution in [3.63, 3.8) is 0 Å². The van der Waals surface area contributed by atoms with E-state index in [1.807, 2.05) is 36.9 Å². The largest absolute Gasteiger partial charge is 0.355 e. The highest BCUT2D eigenvalue weighted by atomic mass is 32.1. The molecule has 2 unspecified atom stereocenters. The van der Waals surface area contributed by atoms with Gasteiger partial charge in [-0.3, -0.25) is 0 Å². The number of aromatic nitrogens is 2. The van der Waals surface area contributed by atoms with E-state index in [-0.39, 0.29) is 0 Å². The number of fused-ring (bicyclic) bond motifs is 2. The summed E-state index contributed by atoms with van der Waals surface area (Å²) in [7, 11) is 0. The molecule has 4 heterocycles. The van der Waals surface area contributed by atoms with Crippen molar-refractivity contribution in [2.75, 3.05) is 11.9 Å². The van der Waals surface area contributed by atoms with Crippen LogP contribution in [-0.4, -0.2) is 22.6 Å². The Hall–Kier alpha value is -2.02. The van der Waals surface area contributed by atoms with Gasteiger partial charge in [-0.1, -0.05) is 34.1 Å². The molecule has 1 fully saturated rings. The second kappa shape index (κ2) is 10.8. The molecule has 2 N–H and O–H groups in total. The van der Waals surface area contributed by atoms with Crippen LogP contribution in [0.3, 0.4) is 0 Å². The van der Waals surface area contributed by atoms with Crippen molar-refractivity contribution in [3.8, 4) is 0 Å². The molecule has 0 saturated carbocycles. The summed E-state index contributed by atoms with van der Waals surface area (Å²) in [5, 5.41) is 8.31. The molecule has 0 aliphatic carbocycles. The molecule has 0 spiro atoms. The van der Waals surface area contributed by atoms with Crippen LogP contribution in [0.25, 0.3) is 20.4 Å². The molecular weight excluding hydrogens is 408 g/mol. The summed E-state index contributed by atoms with van der Waals surface area (Å²) in [5.41, 5.74) is 5.11. The van der Waals surface area contributed by atoms with Crippen molar-refractivity contribution in [3.05, 3.63) is 46.9 Å². The number of rotatable bonds is 3. The molecule has 1 aliphatic rings. The predicted molar refractivity (Wildman–Crippen MR) is 135 cm³/mol. The first-order chi connectivity index (χ1) is 14.7. The zero-order valence-electron chi connectivity index (χ0n) is 18.5. The van der Waals surface area contributed by atoms with Crippen LogP contribution >= 0.6 is 22.7 Å². The third-order valence-corrected chi connectivity index (χ3v) is 6.94. The van der Waals surface area contributed by atoms with Crippen LogP contribution in [-0.2, 0) is 0 Å². The van der Waals surface area contributed by atoms with E-state index in [1.165, 1.54) is 27.8 Å². The van der Waals surface area contributed by atoms with Crippen LogP contribution in [0.15, 0.2) is 42.0 Å². The lowest BCUT2D eigenvalue weighted by Gasteiger charge is -2.12. The summed E-state index contributed by atoms with van der Waals surface area (Å²) in [6.45, 7) is 11.6. The molecule has 1 aliphatic heterocycles. The van der Waals surface area contributed by atoms with Gasteiger partial charge in [0.2, 0.25) is 0 Å². The maximum absolute atomic E-state index is 4.59. The highest BCUT2D eigenvalue weighted by Gasteiger charge is 2.26. The molecule has 4 nitrogen and oxygen atoms in total. The summed E-state index contributed by atoms with van der Waals surface area (Å²) in [6.07, 6.45) is 4.35. The minimum absolute atomic E-state index is 0.538. The third kappa shape index (κ3) is 4.99. The summed E-state index contributed by atoms with van der Waals surface area (Å²) in [5.74, 6) is 0.596. The number of nitrogens with one attached hydrogen (secondary N) is 2. The number of hydrogen-bond donors (Lipinski definition) is 2. The second-order valence-corrected chi connectivity index (χ2v) is 9.18. The standard InChI is InChI=1S/C19H18N4S2.C3H8.C2H6/c1-11-13(4-6-20-11)18-9-14-15(5-7-21-19(14)25-18)23-12-2-3-17-16(8-12)22-10-24-17;1-3-2;1-2/h2-3,5,7-11,13,20H,4,6H2,1H3,(H,21,23);3H2,1-2H3;1-2H3. The number of anilines is 2. The second-order valence-electron chi connectivity index (χ2n) is 7.23. The molecular formula is C24H32N4S2. The molecule has 3 aromatic heterocycles. The van der Waals surface area contributed by atoms with Gasteiger partial charge in [0.15, 0.2) is 0 Å². The fourth-order valence-electron chi connectivity index (χ4n) is 3.59. The van der Waals surface area contributed by atoms with Gasteiger partial charge in [-0.05, 0) is 50.2 Å². The number of pyridine rings is 1. The monoisotopic (exact) mass is 440 g/mol. The van der Waals surface area contributed by atoms with Crippen molar-refractivity contribution in [1.29, 1.82) is 0 Å². The molecule has 4 aromatic rings. The maximum atomic E-state index is 4.59. The first-order valence-electron chi connectivity index (χ1n) is 10.9. The van der Waals surface area contributed by atoms with Crippen LogP contribution in [0.4, 0.5) is 11.4 Å². The fraction of sp³-hybridized carbons (Fsp3) is 0.417. The quantitative estimate of drug-likeness (QED) is 0.345. The van der Waals surface area contributed by atoms with Gasteiger partial charge in [-0.2, -0.15) is 0 Å². The van der Waals surface area contributed by atoms with Gasteiger partial charge in [-0.25, -0.2) is 9.97 Å². The molecule has 30 heavy (non-hydrogen) atoms. The molecule has 5 rings (SSSR count). The molecule has 0 bridgehead atoms. The molecule has 0 radical (unpaired) electrons. The van der Waals surface area contributed by atoms with E-state index in [2.05, 4.69) is 71.7 Å². The summed E-state index contributed by atoms with van der Waals surface area (Å²) >= 11 is 3.49. The van der Waals surface area contributed by atoms with E-state index < -0.39 is 0 Å². The van der Waals surface area contributed by atoms with E-state index in [4.69, 9.17) is 0 Å². The SMILES string of the molecule is CC.CC1NCCC1c1cc2c(Nc3ccc4scnc4c3)ccnc2s1.CCC. The Balaban J connectivity index is 0.000000473. The number of hydrogen-bond acceptors (Lipinski definition) is 6. The topological polar surface area (TPSA) is 49.8 Å². The summed E-state index contributed by atoms with van der Waals surface area (Å²) < 4.78 is 1.21. The lowest BCUT2D eigenvalue weighted by atomic mass is 10.00. The van der Waals surface area contributed by atoms with Gasteiger partial charge < -0.3 is 10.6 Å². The first kappa shape index (κ1) is 22.7. The van der Waals surface area contributed by atoms with Gasteiger partial charge in [0.05, 0.1) is 21.4 Å². The van der Waals surface area contributed by atoms with Crippen LogP contribution in [0.2, 0.25) is 0 Å². The molecule has 1 aromatic carbocycles. The normalized spacial score (nSPS) is 17.9. The van der Waals surface area contributed by atoms with Gasteiger partial charge in [0.1, 0.15) is 4.83 Å². The van der Waals surface area contributed by atoms with Crippen molar-refractivity contribution in [2.24, 2.45) is 0 Å². The van der Waals surface area contributed by atoms with Crippen molar-refractivity contribution >= 4 is 54.5 Å². The maximum Gasteiger partial charge on any atom is 0.125 e. The summed E-state index contributed by atoms with van der Waals surface area (Å²) in [6, 6.07) is 11.3. The number of thiazole rings is 1.